The zero-order valence-electron chi connectivity index (χ0n) is 51.5. The van der Waals surface area contributed by atoms with Crippen molar-refractivity contribution in [1.82, 2.24) is 0 Å². The van der Waals surface area contributed by atoms with Crippen LogP contribution in [0.25, 0.3) is 0 Å². The number of hydrogen-bond acceptors (Lipinski definition) is 5. The largest absolute Gasteiger partial charge is 0.462 e. The molecule has 1 atom stereocenters. The molecule has 0 aromatic rings. The molecule has 0 saturated heterocycles. The first-order valence-corrected chi connectivity index (χ1v) is 34.5. The predicted octanol–water partition coefficient (Wildman–Crippen LogP) is 23.8. The van der Waals surface area contributed by atoms with Crippen LogP contribution in [0.3, 0.4) is 0 Å². The summed E-state index contributed by atoms with van der Waals surface area (Å²) in [7, 11) is 0. The molecule has 448 valence electrons. The molecule has 5 heteroatoms. The Kier molecular flexibility index (Phi) is 65.7. The van der Waals surface area contributed by atoms with Crippen molar-refractivity contribution in [2.75, 3.05) is 13.2 Å². The second-order valence-corrected chi connectivity index (χ2v) is 23.6. The van der Waals surface area contributed by atoms with Crippen LogP contribution in [0.2, 0.25) is 0 Å². The van der Waals surface area contributed by atoms with Crippen molar-refractivity contribution in [3.63, 3.8) is 0 Å². The molecule has 5 nitrogen and oxygen atoms in total. The van der Waals surface area contributed by atoms with Crippen molar-refractivity contribution >= 4 is 11.9 Å². The van der Waals surface area contributed by atoms with Crippen LogP contribution in [0.4, 0.5) is 0 Å². The van der Waals surface area contributed by atoms with E-state index < -0.39 is 6.10 Å². The molecule has 0 spiro atoms. The van der Waals surface area contributed by atoms with Gasteiger partial charge in [0.05, 0.1) is 6.61 Å². The molecule has 0 aliphatic rings. The Labute approximate surface area is 476 Å². The van der Waals surface area contributed by atoms with Crippen LogP contribution >= 0.6 is 0 Å². The monoisotopic (exact) mass is 1070 g/mol. The number of rotatable bonds is 65. The Balaban J connectivity index is 3.39. The third kappa shape index (κ3) is 64.6. The summed E-state index contributed by atoms with van der Waals surface area (Å²) >= 11 is 0. The van der Waals surface area contributed by atoms with E-state index >= 15 is 0 Å². The highest BCUT2D eigenvalue weighted by Crippen LogP contribution is 2.19. The van der Waals surface area contributed by atoms with Crippen LogP contribution in [0, 0.1) is 0 Å². The molecule has 76 heavy (non-hydrogen) atoms. The van der Waals surface area contributed by atoms with Gasteiger partial charge in [-0.3, -0.25) is 9.59 Å². The van der Waals surface area contributed by atoms with E-state index in [1.807, 2.05) is 0 Å². The van der Waals surface area contributed by atoms with E-state index in [2.05, 4.69) is 50.3 Å². The Morgan fingerprint density at radius 3 is 0.789 bits per heavy atom. The van der Waals surface area contributed by atoms with Crippen molar-refractivity contribution in [1.29, 1.82) is 0 Å². The molecule has 0 amide bonds. The van der Waals surface area contributed by atoms with Gasteiger partial charge < -0.3 is 14.6 Å². The van der Waals surface area contributed by atoms with Crippen LogP contribution in [0.5, 0.6) is 0 Å². The van der Waals surface area contributed by atoms with Gasteiger partial charge in [-0.25, -0.2) is 0 Å². The SMILES string of the molecule is CCCCCCC/C=C\C/C=C\CCCCCCCCCCCCCCCCCCCCCC(=O)OC(CO)COC(=O)CCCCCCCCCCCCCCCCCCCCC/C=C\CCCCCCCCCC. The number of unbranched alkanes of at least 4 members (excludes halogenated alkanes) is 51. The Hall–Kier alpha value is -1.88. The van der Waals surface area contributed by atoms with Gasteiger partial charge in [0.1, 0.15) is 6.61 Å². The summed E-state index contributed by atoms with van der Waals surface area (Å²) in [4.78, 5) is 24.6. The summed E-state index contributed by atoms with van der Waals surface area (Å²) in [5, 5.41) is 9.70. The quantitative estimate of drug-likeness (QED) is 0.0373. The van der Waals surface area contributed by atoms with Gasteiger partial charge in [0.15, 0.2) is 6.10 Å². The number of aliphatic hydroxyl groups excluding tert-OH is 1. The number of aliphatic hydroxyl groups is 1. The molecule has 0 fully saturated rings. The first-order chi connectivity index (χ1) is 37.6. The molecule has 0 heterocycles. The van der Waals surface area contributed by atoms with Gasteiger partial charge >= 0.3 is 11.9 Å². The Morgan fingerprint density at radius 1 is 0.303 bits per heavy atom. The third-order valence-electron chi connectivity index (χ3n) is 15.9. The van der Waals surface area contributed by atoms with E-state index in [1.165, 1.54) is 321 Å². The molecular formula is C71H134O5. The standard InChI is InChI=1S/C71H134O5/c1-3-5-7-9-11-13-15-17-19-21-23-25-27-29-31-33-35-37-39-41-43-45-47-49-51-53-55-57-59-61-63-65-70(73)75-68-69(67-72)76-71(74)66-64-62-60-58-56-54-52-50-48-46-44-42-40-38-36-34-32-30-28-26-24-22-20-18-16-14-12-10-8-6-4-2/h16,18,21-24,69,72H,3-15,17,19-20,25-68H2,1-2H3/b18-16-,23-21-,24-22-. The minimum absolute atomic E-state index is 0.0594. The first-order valence-electron chi connectivity index (χ1n) is 34.5. The molecule has 0 rings (SSSR count). The molecule has 0 radical (unpaired) electrons. The van der Waals surface area contributed by atoms with Crippen molar-refractivity contribution in [2.45, 2.75) is 392 Å². The lowest BCUT2D eigenvalue weighted by molar-refractivity contribution is -0.161. The number of carbonyl (C=O) groups is 2. The fraction of sp³-hybridized carbons (Fsp3) is 0.887. The maximum atomic E-state index is 12.4. The Morgan fingerprint density at radius 2 is 0.526 bits per heavy atom. The van der Waals surface area contributed by atoms with Crippen molar-refractivity contribution in [3.05, 3.63) is 36.5 Å². The molecule has 0 aromatic carbocycles. The summed E-state index contributed by atoms with van der Waals surface area (Å²) in [5.41, 5.74) is 0. The molecule has 1 N–H and O–H groups in total. The van der Waals surface area contributed by atoms with Gasteiger partial charge in [-0.05, 0) is 70.6 Å². The van der Waals surface area contributed by atoms with Crippen molar-refractivity contribution in [3.8, 4) is 0 Å². The topological polar surface area (TPSA) is 72.8 Å². The van der Waals surface area contributed by atoms with E-state index in [0.29, 0.717) is 12.8 Å². The summed E-state index contributed by atoms with van der Waals surface area (Å²) in [6.07, 6.45) is 88.9. The van der Waals surface area contributed by atoms with E-state index in [9.17, 15) is 14.7 Å². The maximum absolute atomic E-state index is 12.4. The summed E-state index contributed by atoms with van der Waals surface area (Å²) in [5.74, 6) is -0.566. The lowest BCUT2D eigenvalue weighted by Crippen LogP contribution is -2.28. The van der Waals surface area contributed by atoms with Gasteiger partial charge in [-0.2, -0.15) is 0 Å². The van der Waals surface area contributed by atoms with E-state index in [4.69, 9.17) is 9.47 Å². The fourth-order valence-corrected chi connectivity index (χ4v) is 10.7. The highest BCUT2D eigenvalue weighted by atomic mass is 16.6. The van der Waals surface area contributed by atoms with Crippen molar-refractivity contribution < 1.29 is 24.2 Å². The number of ether oxygens (including phenoxy) is 2. The van der Waals surface area contributed by atoms with E-state index in [1.54, 1.807) is 0 Å². The van der Waals surface area contributed by atoms with Crippen LogP contribution in [-0.2, 0) is 19.1 Å². The summed E-state index contributed by atoms with van der Waals surface area (Å²) < 4.78 is 10.8. The minimum atomic E-state index is -0.770. The highest BCUT2D eigenvalue weighted by molar-refractivity contribution is 5.70. The zero-order chi connectivity index (χ0) is 54.8. The summed E-state index contributed by atoms with van der Waals surface area (Å²) in [6, 6.07) is 0. The second-order valence-electron chi connectivity index (χ2n) is 23.6. The van der Waals surface area contributed by atoms with Crippen molar-refractivity contribution in [2.24, 2.45) is 0 Å². The number of carbonyl (C=O) groups excluding carboxylic acids is 2. The number of esters is 2. The average Bonchev–Trinajstić information content (AvgIpc) is 3.42. The zero-order valence-corrected chi connectivity index (χ0v) is 51.5. The summed E-state index contributed by atoms with van der Waals surface area (Å²) in [6.45, 7) is 4.19. The minimum Gasteiger partial charge on any atom is -0.462 e. The molecular weight excluding hydrogens is 933 g/mol. The van der Waals surface area contributed by atoms with Gasteiger partial charge in [0.2, 0.25) is 0 Å². The Bertz CT molecular complexity index is 1210. The van der Waals surface area contributed by atoms with Gasteiger partial charge in [0.25, 0.3) is 0 Å². The fourth-order valence-electron chi connectivity index (χ4n) is 10.7. The second kappa shape index (κ2) is 67.4. The maximum Gasteiger partial charge on any atom is 0.306 e. The molecule has 0 saturated carbocycles. The molecule has 0 aromatic heterocycles. The molecule has 1 unspecified atom stereocenters. The number of hydrogen-bond donors (Lipinski definition) is 1. The lowest BCUT2D eigenvalue weighted by Gasteiger charge is -2.15. The van der Waals surface area contributed by atoms with Crippen LogP contribution < -0.4 is 0 Å². The van der Waals surface area contributed by atoms with Gasteiger partial charge in [0, 0.05) is 12.8 Å². The van der Waals surface area contributed by atoms with Gasteiger partial charge in [-0.1, -0.05) is 339 Å². The average molecular weight is 1070 g/mol. The highest BCUT2D eigenvalue weighted by Gasteiger charge is 2.16. The first kappa shape index (κ1) is 74.1. The van der Waals surface area contributed by atoms with Crippen LogP contribution in [0.15, 0.2) is 36.5 Å². The van der Waals surface area contributed by atoms with Crippen LogP contribution in [-0.4, -0.2) is 36.4 Å². The predicted molar refractivity (Wildman–Crippen MR) is 334 cm³/mol. The smallest absolute Gasteiger partial charge is 0.306 e. The van der Waals surface area contributed by atoms with Crippen LogP contribution in [0.1, 0.15) is 386 Å². The van der Waals surface area contributed by atoms with E-state index in [0.717, 1.165) is 38.5 Å². The van der Waals surface area contributed by atoms with E-state index in [-0.39, 0.29) is 25.2 Å². The number of allylic oxidation sites excluding steroid dienone is 6. The normalized spacial score (nSPS) is 12.3. The molecule has 0 aliphatic heterocycles. The molecule has 0 bridgehead atoms. The third-order valence-corrected chi connectivity index (χ3v) is 15.9. The lowest BCUT2D eigenvalue weighted by atomic mass is 10.0. The van der Waals surface area contributed by atoms with Gasteiger partial charge in [-0.15, -0.1) is 0 Å². The molecule has 0 aliphatic carbocycles.